The van der Waals surface area contributed by atoms with E-state index in [9.17, 15) is 10.5 Å². The van der Waals surface area contributed by atoms with Crippen LogP contribution in [0.5, 0.6) is 0 Å². The largest absolute Gasteiger partial charge is 0.384 e. The molecule has 196 valence electrons. The van der Waals surface area contributed by atoms with Crippen LogP contribution in [0, 0.1) is 28.1 Å². The van der Waals surface area contributed by atoms with Crippen LogP contribution in [0.1, 0.15) is 73.6 Å². The predicted molar refractivity (Wildman–Crippen MR) is 152 cm³/mol. The Kier molecular flexibility index (Phi) is 6.07. The van der Waals surface area contributed by atoms with Crippen LogP contribution in [0.25, 0.3) is 10.9 Å². The van der Waals surface area contributed by atoms with E-state index in [0.29, 0.717) is 34.9 Å². The first kappa shape index (κ1) is 24.7. The Bertz CT molecular complexity index is 1640. The lowest BCUT2D eigenvalue weighted by Crippen LogP contribution is -2.20. The molecule has 2 aromatic carbocycles. The number of nitrogens with zero attached hydrogens (tertiary/aromatic N) is 6. The van der Waals surface area contributed by atoms with E-state index in [1.165, 1.54) is 5.56 Å². The van der Waals surface area contributed by atoms with Crippen molar-refractivity contribution in [1.29, 1.82) is 10.5 Å². The molecular weight excluding hydrogens is 486 g/mol. The molecule has 0 bridgehead atoms. The maximum absolute atomic E-state index is 10.1. The van der Waals surface area contributed by atoms with E-state index in [1.807, 2.05) is 23.0 Å². The quantitative estimate of drug-likeness (QED) is 0.292. The molecule has 0 spiro atoms. The summed E-state index contributed by atoms with van der Waals surface area (Å²) in [6.07, 6.45) is 6.76. The van der Waals surface area contributed by atoms with Gasteiger partial charge in [-0.15, -0.1) is 5.10 Å². The summed E-state index contributed by atoms with van der Waals surface area (Å²) in [5.74, 6) is 0. The molecule has 3 heterocycles. The third-order valence-electron chi connectivity index (χ3n) is 7.28. The summed E-state index contributed by atoms with van der Waals surface area (Å²) >= 11 is 0. The van der Waals surface area contributed by atoms with E-state index in [0.717, 1.165) is 53.8 Å². The topological polar surface area (TPSA) is 127 Å². The minimum absolute atomic E-state index is 0.00353. The smallest absolute Gasteiger partial charge is 0.109 e. The Hall–Kier alpha value is -4.63. The molecular formula is C30H31N9. The van der Waals surface area contributed by atoms with Crippen LogP contribution in [-0.4, -0.2) is 33.1 Å². The number of nitriles is 2. The van der Waals surface area contributed by atoms with Gasteiger partial charge in [0.25, 0.3) is 0 Å². The molecule has 6 rings (SSSR count). The van der Waals surface area contributed by atoms with Crippen LogP contribution in [0.15, 0.2) is 42.7 Å². The first-order valence-corrected chi connectivity index (χ1v) is 13.4. The average molecular weight is 518 g/mol. The van der Waals surface area contributed by atoms with E-state index in [1.54, 1.807) is 6.20 Å². The van der Waals surface area contributed by atoms with Gasteiger partial charge < -0.3 is 16.0 Å². The molecule has 1 fully saturated rings. The van der Waals surface area contributed by atoms with Crippen molar-refractivity contribution in [3.8, 4) is 12.1 Å². The number of rotatable bonds is 7. The molecule has 1 saturated carbocycles. The van der Waals surface area contributed by atoms with Crippen LogP contribution in [0.4, 0.5) is 17.1 Å². The second-order valence-corrected chi connectivity index (χ2v) is 11.6. The molecule has 0 amide bonds. The lowest BCUT2D eigenvalue weighted by molar-refractivity contribution is 0.443. The third kappa shape index (κ3) is 4.84. The first-order chi connectivity index (χ1) is 18.8. The molecule has 39 heavy (non-hydrogen) atoms. The molecule has 0 saturated heterocycles. The fraction of sp³-hybridized carbons (Fsp3) is 0.367. The van der Waals surface area contributed by atoms with Gasteiger partial charge in [-0.05, 0) is 54.0 Å². The zero-order valence-corrected chi connectivity index (χ0v) is 22.4. The zero-order valence-electron chi connectivity index (χ0n) is 22.4. The number of benzene rings is 2. The highest BCUT2D eigenvalue weighted by atomic mass is 15.4. The summed E-state index contributed by atoms with van der Waals surface area (Å²) < 4.78 is 1.96. The first-order valence-electron chi connectivity index (χ1n) is 13.4. The Balaban J connectivity index is 1.47. The third-order valence-corrected chi connectivity index (χ3v) is 7.28. The van der Waals surface area contributed by atoms with Gasteiger partial charge in [0.2, 0.25) is 0 Å². The van der Waals surface area contributed by atoms with E-state index < -0.39 is 0 Å². The maximum Gasteiger partial charge on any atom is 0.109 e. The lowest BCUT2D eigenvalue weighted by atomic mass is 9.95. The second-order valence-electron chi connectivity index (χ2n) is 11.6. The highest BCUT2D eigenvalue weighted by Gasteiger charge is 2.29. The van der Waals surface area contributed by atoms with Gasteiger partial charge in [0.05, 0.1) is 40.6 Å². The minimum atomic E-state index is -0.269. The van der Waals surface area contributed by atoms with Crippen molar-refractivity contribution in [1.82, 2.24) is 20.0 Å². The van der Waals surface area contributed by atoms with Gasteiger partial charge in [-0.1, -0.05) is 38.1 Å². The summed E-state index contributed by atoms with van der Waals surface area (Å²) in [6, 6.07) is 14.8. The van der Waals surface area contributed by atoms with Crippen LogP contribution in [0.2, 0.25) is 0 Å². The number of nitrogens with one attached hydrogen (secondary N) is 3. The molecule has 0 unspecified atom stereocenters. The van der Waals surface area contributed by atoms with Gasteiger partial charge in [-0.3, -0.25) is 4.98 Å². The fourth-order valence-electron chi connectivity index (χ4n) is 5.16. The summed E-state index contributed by atoms with van der Waals surface area (Å²) in [7, 11) is 0. The standard InChI is InChI=1S/C30H31N9/c1-30(2,3)17-35-28-19(14-32)15-34-27-18(13-31)11-20(12-24(27)28)36-29(26-16-39(38-37-26)21-7-8-21)23-5-4-6-25-22(23)9-10-33-25/h4-6,11-12,15-16,21,29,33,36H,7-10,17H2,1-3H3,(H,34,35)/t29-/m0/s1. The molecule has 1 aliphatic carbocycles. The van der Waals surface area contributed by atoms with Crippen molar-refractivity contribution < 1.29 is 0 Å². The lowest BCUT2D eigenvalue weighted by Gasteiger charge is -2.23. The highest BCUT2D eigenvalue weighted by molar-refractivity contribution is 5.99. The average Bonchev–Trinajstić information content (AvgIpc) is 3.45. The van der Waals surface area contributed by atoms with Crippen molar-refractivity contribution in [2.75, 3.05) is 29.0 Å². The van der Waals surface area contributed by atoms with Gasteiger partial charge >= 0.3 is 0 Å². The molecule has 1 atom stereocenters. The minimum Gasteiger partial charge on any atom is -0.384 e. The molecule has 2 aromatic heterocycles. The van der Waals surface area contributed by atoms with E-state index in [2.05, 4.69) is 82.4 Å². The van der Waals surface area contributed by atoms with Crippen LogP contribution in [0.3, 0.4) is 0 Å². The van der Waals surface area contributed by atoms with Gasteiger partial charge in [-0.25, -0.2) is 4.68 Å². The number of pyridine rings is 1. The summed E-state index contributed by atoms with van der Waals surface area (Å²) in [4.78, 5) is 4.49. The maximum atomic E-state index is 10.1. The van der Waals surface area contributed by atoms with Gasteiger partial charge in [0.1, 0.15) is 17.8 Å². The number of hydrogen-bond donors (Lipinski definition) is 3. The number of fused-ring (bicyclic) bond motifs is 2. The van der Waals surface area contributed by atoms with Crippen molar-refractivity contribution in [3.63, 3.8) is 0 Å². The van der Waals surface area contributed by atoms with Gasteiger partial charge in [0.15, 0.2) is 0 Å². The second kappa shape index (κ2) is 9.59. The Labute approximate surface area is 227 Å². The molecule has 3 N–H and O–H groups in total. The predicted octanol–water partition coefficient (Wildman–Crippen LogP) is 5.53. The van der Waals surface area contributed by atoms with Crippen molar-refractivity contribution >= 4 is 28.0 Å². The molecule has 9 heteroatoms. The summed E-state index contributed by atoms with van der Waals surface area (Å²) in [5.41, 5.74) is 7.27. The van der Waals surface area contributed by atoms with Crippen LogP contribution < -0.4 is 16.0 Å². The Morgan fingerprint density at radius 2 is 1.97 bits per heavy atom. The SMILES string of the molecule is CC(C)(C)CNc1c(C#N)cnc2c(C#N)cc(N[C@H](c3cn(C4CC4)nn3)c3cccc4c3CCN4)cc12. The Morgan fingerprint density at radius 1 is 1.15 bits per heavy atom. The van der Waals surface area contributed by atoms with Gasteiger partial charge in [-0.2, -0.15) is 10.5 Å². The summed E-state index contributed by atoms with van der Waals surface area (Å²) in [5, 5.41) is 40.3. The number of hydrogen-bond acceptors (Lipinski definition) is 8. The monoisotopic (exact) mass is 517 g/mol. The summed E-state index contributed by atoms with van der Waals surface area (Å²) in [6.45, 7) is 7.96. The fourth-order valence-corrected chi connectivity index (χ4v) is 5.16. The molecule has 4 aromatic rings. The van der Waals surface area contributed by atoms with Crippen molar-refractivity contribution in [2.24, 2.45) is 5.41 Å². The number of aromatic nitrogens is 4. The molecule has 9 nitrogen and oxygen atoms in total. The van der Waals surface area contributed by atoms with E-state index >= 15 is 0 Å². The Morgan fingerprint density at radius 3 is 2.72 bits per heavy atom. The number of anilines is 3. The molecule has 0 radical (unpaired) electrons. The molecule has 1 aliphatic heterocycles. The van der Waals surface area contributed by atoms with E-state index in [4.69, 9.17) is 0 Å². The van der Waals surface area contributed by atoms with Crippen LogP contribution >= 0.6 is 0 Å². The highest BCUT2D eigenvalue weighted by Crippen LogP contribution is 2.38. The normalized spacial score (nSPS) is 15.2. The molecule has 2 aliphatic rings. The zero-order chi connectivity index (χ0) is 27.1. The van der Waals surface area contributed by atoms with E-state index in [-0.39, 0.29) is 11.5 Å². The van der Waals surface area contributed by atoms with Crippen LogP contribution in [-0.2, 0) is 6.42 Å². The van der Waals surface area contributed by atoms with Crippen molar-refractivity contribution in [3.05, 3.63) is 70.7 Å². The van der Waals surface area contributed by atoms with Crippen molar-refractivity contribution in [2.45, 2.75) is 52.1 Å². The van der Waals surface area contributed by atoms with Gasteiger partial charge in [0, 0.05) is 36.0 Å².